The summed E-state index contributed by atoms with van der Waals surface area (Å²) in [6, 6.07) is 6.74. The van der Waals surface area contributed by atoms with Gasteiger partial charge in [0.15, 0.2) is 0 Å². The minimum Gasteiger partial charge on any atom is -0.467 e. The van der Waals surface area contributed by atoms with Crippen molar-refractivity contribution in [3.05, 3.63) is 64.9 Å². The maximum absolute atomic E-state index is 13.1. The number of benzene rings is 1. The first kappa shape index (κ1) is 20.7. The van der Waals surface area contributed by atoms with Gasteiger partial charge in [-0.05, 0) is 50.6 Å². The number of fused-ring (bicyclic) bond motifs is 1. The SMILES string of the molecule is Cc1noc(C)c1CCC(=O)Nc1nc2cc(C(F)(F)F)ccc2n1Cc1ccco1. The molecule has 162 valence electrons. The summed E-state index contributed by atoms with van der Waals surface area (Å²) in [4.78, 5) is 16.8. The summed E-state index contributed by atoms with van der Waals surface area (Å²) in [5.74, 6) is 1.04. The first-order valence-corrected chi connectivity index (χ1v) is 9.54. The van der Waals surface area contributed by atoms with Gasteiger partial charge in [-0.25, -0.2) is 4.98 Å². The van der Waals surface area contributed by atoms with Crippen LogP contribution < -0.4 is 5.32 Å². The number of imidazole rings is 1. The number of carbonyl (C=O) groups excluding carboxylic acids is 1. The number of nitrogens with zero attached hydrogens (tertiary/aromatic N) is 3. The van der Waals surface area contributed by atoms with E-state index < -0.39 is 11.7 Å². The number of alkyl halides is 3. The highest BCUT2D eigenvalue weighted by Crippen LogP contribution is 2.32. The molecule has 0 fully saturated rings. The molecule has 0 aliphatic rings. The van der Waals surface area contributed by atoms with Crippen molar-refractivity contribution in [1.82, 2.24) is 14.7 Å². The molecule has 0 radical (unpaired) electrons. The predicted octanol–water partition coefficient (Wildman–Crippen LogP) is 4.87. The van der Waals surface area contributed by atoms with Crippen LogP contribution in [0, 0.1) is 13.8 Å². The topological polar surface area (TPSA) is 86.1 Å². The van der Waals surface area contributed by atoms with Crippen molar-refractivity contribution >= 4 is 22.9 Å². The second-order valence-corrected chi connectivity index (χ2v) is 7.15. The Balaban J connectivity index is 1.62. The molecular formula is C21H19F3N4O3. The molecule has 0 saturated carbocycles. The van der Waals surface area contributed by atoms with Gasteiger partial charge < -0.3 is 13.5 Å². The van der Waals surface area contributed by atoms with Crippen LogP contribution in [0.4, 0.5) is 19.1 Å². The molecule has 31 heavy (non-hydrogen) atoms. The van der Waals surface area contributed by atoms with Crippen LogP contribution in [0.25, 0.3) is 11.0 Å². The molecule has 1 N–H and O–H groups in total. The summed E-state index contributed by atoms with van der Waals surface area (Å²) in [7, 11) is 0. The summed E-state index contributed by atoms with van der Waals surface area (Å²) in [6.45, 7) is 3.77. The van der Waals surface area contributed by atoms with Crippen LogP contribution in [0.1, 0.15) is 34.8 Å². The average Bonchev–Trinajstić information content (AvgIpc) is 3.41. The van der Waals surface area contributed by atoms with Crippen LogP contribution in [0.2, 0.25) is 0 Å². The molecule has 0 aliphatic carbocycles. The minimum absolute atomic E-state index is 0.127. The van der Waals surface area contributed by atoms with E-state index in [1.54, 1.807) is 30.5 Å². The summed E-state index contributed by atoms with van der Waals surface area (Å²) in [6.07, 6.45) is -2.43. The van der Waals surface area contributed by atoms with Crippen molar-refractivity contribution in [2.24, 2.45) is 0 Å². The Morgan fingerprint density at radius 1 is 1.23 bits per heavy atom. The molecule has 7 nitrogen and oxygen atoms in total. The van der Waals surface area contributed by atoms with E-state index in [4.69, 9.17) is 8.94 Å². The van der Waals surface area contributed by atoms with Crippen molar-refractivity contribution in [2.75, 3.05) is 5.32 Å². The highest BCUT2D eigenvalue weighted by molar-refractivity contribution is 5.91. The molecule has 0 atom stereocenters. The van der Waals surface area contributed by atoms with Gasteiger partial charge in [-0.15, -0.1) is 0 Å². The zero-order valence-corrected chi connectivity index (χ0v) is 16.8. The number of aryl methyl sites for hydroxylation is 2. The number of amides is 1. The van der Waals surface area contributed by atoms with E-state index in [1.807, 2.05) is 0 Å². The highest BCUT2D eigenvalue weighted by Gasteiger charge is 2.31. The van der Waals surface area contributed by atoms with Gasteiger partial charge in [-0.3, -0.25) is 10.1 Å². The van der Waals surface area contributed by atoms with Crippen molar-refractivity contribution < 1.29 is 26.9 Å². The molecule has 1 aromatic carbocycles. The first-order chi connectivity index (χ1) is 14.7. The number of aromatic nitrogens is 3. The minimum atomic E-state index is -4.49. The van der Waals surface area contributed by atoms with Gasteiger partial charge in [0.25, 0.3) is 0 Å². The second kappa shape index (κ2) is 7.93. The van der Waals surface area contributed by atoms with Crippen LogP contribution in [0.3, 0.4) is 0 Å². The highest BCUT2D eigenvalue weighted by atomic mass is 19.4. The quantitative estimate of drug-likeness (QED) is 0.470. The van der Waals surface area contributed by atoms with Crippen LogP contribution >= 0.6 is 0 Å². The van der Waals surface area contributed by atoms with Crippen molar-refractivity contribution in [2.45, 2.75) is 39.4 Å². The number of carbonyl (C=O) groups is 1. The third kappa shape index (κ3) is 4.32. The molecule has 0 aliphatic heterocycles. The fourth-order valence-corrected chi connectivity index (χ4v) is 3.40. The molecule has 0 saturated heterocycles. The summed E-state index contributed by atoms with van der Waals surface area (Å²) >= 11 is 0. The van der Waals surface area contributed by atoms with Crippen LogP contribution in [-0.2, 0) is 23.9 Å². The van der Waals surface area contributed by atoms with E-state index in [-0.39, 0.29) is 30.3 Å². The maximum atomic E-state index is 13.1. The molecule has 0 unspecified atom stereocenters. The van der Waals surface area contributed by atoms with Crippen LogP contribution in [0.15, 0.2) is 45.5 Å². The Labute approximate surface area is 174 Å². The van der Waals surface area contributed by atoms with Gasteiger partial charge >= 0.3 is 6.18 Å². The second-order valence-electron chi connectivity index (χ2n) is 7.15. The predicted molar refractivity (Wildman–Crippen MR) is 105 cm³/mol. The summed E-state index contributed by atoms with van der Waals surface area (Å²) in [5.41, 5.74) is 1.34. The Hall–Kier alpha value is -3.56. The van der Waals surface area contributed by atoms with Gasteiger partial charge in [0.2, 0.25) is 11.9 Å². The standard InChI is InChI=1S/C21H19F3N4O3/c1-12-16(13(2)31-27-12)6-8-19(29)26-20-25-17-10-14(21(22,23)24)5-7-18(17)28(20)11-15-4-3-9-30-15/h3-5,7,9-10H,6,8,11H2,1-2H3,(H,25,26,29). The number of anilines is 1. The molecule has 0 bridgehead atoms. The number of hydrogen-bond donors (Lipinski definition) is 1. The zero-order chi connectivity index (χ0) is 22.2. The molecule has 0 spiro atoms. The molecule has 3 aromatic heterocycles. The van der Waals surface area contributed by atoms with Crippen molar-refractivity contribution in [3.63, 3.8) is 0 Å². The zero-order valence-electron chi connectivity index (χ0n) is 16.8. The average molecular weight is 432 g/mol. The van der Waals surface area contributed by atoms with Gasteiger partial charge in [0, 0.05) is 12.0 Å². The van der Waals surface area contributed by atoms with E-state index in [2.05, 4.69) is 15.5 Å². The first-order valence-electron chi connectivity index (χ1n) is 9.54. The van der Waals surface area contributed by atoms with Crippen LogP contribution in [0.5, 0.6) is 0 Å². The van der Waals surface area contributed by atoms with Crippen LogP contribution in [-0.4, -0.2) is 20.6 Å². The van der Waals surface area contributed by atoms with Gasteiger partial charge in [0.1, 0.15) is 11.5 Å². The van der Waals surface area contributed by atoms with Gasteiger partial charge in [-0.2, -0.15) is 13.2 Å². The number of furan rings is 1. The Morgan fingerprint density at radius 2 is 2.03 bits per heavy atom. The molecule has 1 amide bonds. The fourth-order valence-electron chi connectivity index (χ4n) is 3.40. The molecular weight excluding hydrogens is 413 g/mol. The number of nitrogens with one attached hydrogen (secondary N) is 1. The van der Waals surface area contributed by atoms with Crippen molar-refractivity contribution in [1.29, 1.82) is 0 Å². The van der Waals surface area contributed by atoms with E-state index in [9.17, 15) is 18.0 Å². The summed E-state index contributed by atoms with van der Waals surface area (Å²) in [5, 5.41) is 6.58. The number of halogens is 3. The lowest BCUT2D eigenvalue weighted by molar-refractivity contribution is -0.137. The Bertz CT molecular complexity index is 1200. The smallest absolute Gasteiger partial charge is 0.416 e. The maximum Gasteiger partial charge on any atom is 0.416 e. The lowest BCUT2D eigenvalue weighted by Gasteiger charge is -2.09. The Kier molecular flexibility index (Phi) is 5.30. The number of hydrogen-bond acceptors (Lipinski definition) is 5. The van der Waals surface area contributed by atoms with Gasteiger partial charge in [-0.1, -0.05) is 5.16 Å². The third-order valence-corrected chi connectivity index (χ3v) is 5.00. The Morgan fingerprint density at radius 3 is 2.68 bits per heavy atom. The molecule has 4 rings (SSSR count). The lowest BCUT2D eigenvalue weighted by Crippen LogP contribution is -2.17. The summed E-state index contributed by atoms with van der Waals surface area (Å²) < 4.78 is 51.4. The van der Waals surface area contributed by atoms with E-state index >= 15 is 0 Å². The monoisotopic (exact) mass is 432 g/mol. The number of rotatable bonds is 6. The third-order valence-electron chi connectivity index (χ3n) is 5.00. The van der Waals surface area contributed by atoms with Gasteiger partial charge in [0.05, 0.1) is 35.1 Å². The normalized spacial score (nSPS) is 11.9. The molecule has 3 heterocycles. The van der Waals surface area contributed by atoms with Crippen molar-refractivity contribution in [3.8, 4) is 0 Å². The lowest BCUT2D eigenvalue weighted by atomic mass is 10.1. The molecule has 10 heteroatoms. The van der Waals surface area contributed by atoms with E-state index in [0.29, 0.717) is 23.5 Å². The fraction of sp³-hybridized carbons (Fsp3) is 0.286. The molecule has 4 aromatic rings. The van der Waals surface area contributed by atoms with E-state index in [1.165, 1.54) is 12.3 Å². The largest absolute Gasteiger partial charge is 0.467 e. The van der Waals surface area contributed by atoms with E-state index in [0.717, 1.165) is 23.4 Å².